The molecule has 1 aliphatic rings. The average Bonchev–Trinajstić information content (AvgIpc) is 3.61. The van der Waals surface area contributed by atoms with Crippen molar-refractivity contribution in [3.8, 4) is 28.3 Å². The Morgan fingerprint density at radius 3 is 2.62 bits per heavy atom. The summed E-state index contributed by atoms with van der Waals surface area (Å²) in [5.41, 5.74) is 8.05. The molecule has 0 spiro atoms. The fourth-order valence-corrected chi connectivity index (χ4v) is 5.26. The predicted molar refractivity (Wildman–Crippen MR) is 155 cm³/mol. The van der Waals surface area contributed by atoms with Crippen LogP contribution >= 0.6 is 0 Å². The summed E-state index contributed by atoms with van der Waals surface area (Å²) in [4.78, 5) is 17.4. The number of pyridine rings is 2. The highest BCUT2D eigenvalue weighted by molar-refractivity contribution is 5.99. The number of likely N-dealkylation sites (N-methyl/N-ethyl adjacent to an activating group) is 1. The molecular formula is C31H29N7O. The minimum atomic E-state index is 0.501. The van der Waals surface area contributed by atoms with Gasteiger partial charge >= 0.3 is 0 Å². The number of anilines is 1. The van der Waals surface area contributed by atoms with E-state index in [4.69, 9.17) is 4.74 Å². The Morgan fingerprint density at radius 1 is 0.872 bits per heavy atom. The number of rotatable bonds is 6. The molecule has 1 aliphatic heterocycles. The second kappa shape index (κ2) is 9.89. The number of hydrogen-bond donors (Lipinski definition) is 2. The standard InChI is InChI=1S/C31H29N7O/c1-37-11-13-38(14-12-37)29-9-10-33-31-26(29)17-28(34-31)30-25-16-22(7-8-27(25)35-36-30)23-15-24(19-32-18-23)39-20-21-5-3-2-4-6-21/h2-10,15-19H,11-14,20H2,1H3,(H,33,34)(H,35,36). The molecule has 2 N–H and O–H groups in total. The van der Waals surface area contributed by atoms with Gasteiger partial charge in [0.1, 0.15) is 23.7 Å². The van der Waals surface area contributed by atoms with E-state index in [-0.39, 0.29) is 0 Å². The average molecular weight is 516 g/mol. The smallest absolute Gasteiger partial charge is 0.139 e. The highest BCUT2D eigenvalue weighted by Gasteiger charge is 2.19. The molecule has 0 amide bonds. The van der Waals surface area contributed by atoms with E-state index in [1.807, 2.05) is 36.7 Å². The number of ether oxygens (including phenoxy) is 1. The molecule has 0 atom stereocenters. The van der Waals surface area contributed by atoms with Crippen molar-refractivity contribution in [2.75, 3.05) is 38.1 Å². The molecule has 8 nitrogen and oxygen atoms in total. The van der Waals surface area contributed by atoms with Gasteiger partial charge in [-0.25, -0.2) is 4.98 Å². The molecule has 8 heteroatoms. The Balaban J connectivity index is 1.20. The van der Waals surface area contributed by atoms with E-state index in [0.717, 1.165) is 81.9 Å². The van der Waals surface area contributed by atoms with E-state index >= 15 is 0 Å². The zero-order valence-electron chi connectivity index (χ0n) is 21.8. The second-order valence-electron chi connectivity index (χ2n) is 10.1. The molecule has 1 saturated heterocycles. The van der Waals surface area contributed by atoms with Gasteiger partial charge in [-0.05, 0) is 48.5 Å². The van der Waals surface area contributed by atoms with Gasteiger partial charge in [0.25, 0.3) is 0 Å². The number of fused-ring (bicyclic) bond motifs is 2. The summed E-state index contributed by atoms with van der Waals surface area (Å²) < 4.78 is 6.02. The van der Waals surface area contributed by atoms with E-state index in [1.165, 1.54) is 5.69 Å². The Kier molecular flexibility index (Phi) is 5.94. The van der Waals surface area contributed by atoms with Crippen LogP contribution in [0.3, 0.4) is 0 Å². The number of nitrogens with zero attached hydrogens (tertiary/aromatic N) is 5. The SMILES string of the molecule is CN1CCN(c2ccnc3[nH]c(-c4n[nH]c5ccc(-c6cncc(OCc7ccccc7)c6)cc45)cc23)CC1. The largest absolute Gasteiger partial charge is 0.487 e. The normalized spacial score (nSPS) is 14.3. The molecule has 0 aliphatic carbocycles. The second-order valence-corrected chi connectivity index (χ2v) is 10.1. The molecule has 5 heterocycles. The first kappa shape index (κ1) is 23.4. The Bertz CT molecular complexity index is 1750. The summed E-state index contributed by atoms with van der Waals surface area (Å²) in [7, 11) is 2.18. The first-order chi connectivity index (χ1) is 19.2. The molecule has 4 aromatic heterocycles. The number of aromatic nitrogens is 5. The van der Waals surface area contributed by atoms with Crippen LogP contribution in [0.5, 0.6) is 5.75 Å². The Morgan fingerprint density at radius 2 is 1.74 bits per heavy atom. The van der Waals surface area contributed by atoms with E-state index in [2.05, 4.69) is 84.5 Å². The lowest BCUT2D eigenvalue weighted by Gasteiger charge is -2.34. The van der Waals surface area contributed by atoms with Gasteiger partial charge < -0.3 is 19.5 Å². The third-order valence-corrected chi connectivity index (χ3v) is 7.47. The minimum absolute atomic E-state index is 0.501. The van der Waals surface area contributed by atoms with Crippen molar-refractivity contribution in [3.05, 3.63) is 90.9 Å². The van der Waals surface area contributed by atoms with Crippen molar-refractivity contribution in [1.29, 1.82) is 0 Å². The van der Waals surface area contributed by atoms with E-state index in [0.29, 0.717) is 6.61 Å². The van der Waals surface area contributed by atoms with Gasteiger partial charge in [0.05, 0.1) is 17.4 Å². The van der Waals surface area contributed by atoms with Crippen LogP contribution in [0.15, 0.2) is 85.3 Å². The Hall–Kier alpha value is -4.69. The first-order valence-electron chi connectivity index (χ1n) is 13.2. The molecule has 0 saturated carbocycles. The van der Waals surface area contributed by atoms with Crippen molar-refractivity contribution in [2.24, 2.45) is 0 Å². The van der Waals surface area contributed by atoms with Gasteiger partial charge in [0.2, 0.25) is 0 Å². The van der Waals surface area contributed by atoms with Gasteiger partial charge in [-0.2, -0.15) is 5.10 Å². The fourth-order valence-electron chi connectivity index (χ4n) is 5.26. The molecule has 2 aromatic carbocycles. The molecule has 0 radical (unpaired) electrons. The highest BCUT2D eigenvalue weighted by atomic mass is 16.5. The van der Waals surface area contributed by atoms with E-state index < -0.39 is 0 Å². The van der Waals surface area contributed by atoms with Crippen LogP contribution in [0.1, 0.15) is 5.56 Å². The van der Waals surface area contributed by atoms with Gasteiger partial charge in [0, 0.05) is 60.6 Å². The van der Waals surface area contributed by atoms with Crippen LogP contribution in [0.2, 0.25) is 0 Å². The van der Waals surface area contributed by atoms with Gasteiger partial charge in [-0.1, -0.05) is 36.4 Å². The van der Waals surface area contributed by atoms with E-state index in [9.17, 15) is 0 Å². The molecule has 1 fully saturated rings. The Labute approximate surface area is 226 Å². The molecule has 6 aromatic rings. The van der Waals surface area contributed by atoms with Gasteiger partial charge in [-0.15, -0.1) is 0 Å². The summed E-state index contributed by atoms with van der Waals surface area (Å²) in [5, 5.41) is 10.0. The van der Waals surface area contributed by atoms with Crippen LogP contribution < -0.4 is 9.64 Å². The molecule has 194 valence electrons. The zero-order valence-corrected chi connectivity index (χ0v) is 21.8. The van der Waals surface area contributed by atoms with Crippen LogP contribution in [0.4, 0.5) is 5.69 Å². The predicted octanol–water partition coefficient (Wildman–Crippen LogP) is 5.50. The molecule has 39 heavy (non-hydrogen) atoms. The molecule has 0 unspecified atom stereocenters. The summed E-state index contributed by atoms with van der Waals surface area (Å²) >= 11 is 0. The highest BCUT2D eigenvalue weighted by Crippen LogP contribution is 2.34. The summed E-state index contributed by atoms with van der Waals surface area (Å²) in [5.74, 6) is 0.738. The van der Waals surface area contributed by atoms with Crippen LogP contribution in [0, 0.1) is 0 Å². The van der Waals surface area contributed by atoms with Crippen molar-refractivity contribution in [1.82, 2.24) is 30.0 Å². The summed E-state index contributed by atoms with van der Waals surface area (Å²) in [6, 6.07) is 22.8. The van der Waals surface area contributed by atoms with E-state index in [1.54, 1.807) is 6.20 Å². The number of aromatic amines is 2. The monoisotopic (exact) mass is 515 g/mol. The van der Waals surface area contributed by atoms with Gasteiger partial charge in [0.15, 0.2) is 0 Å². The maximum Gasteiger partial charge on any atom is 0.139 e. The van der Waals surface area contributed by atoms with Crippen LogP contribution in [-0.4, -0.2) is 63.3 Å². The molecule has 0 bridgehead atoms. The topological polar surface area (TPSA) is 86.0 Å². The summed E-state index contributed by atoms with van der Waals surface area (Å²) in [6.07, 6.45) is 5.51. The quantitative estimate of drug-likeness (QED) is 0.305. The first-order valence-corrected chi connectivity index (χ1v) is 13.2. The molecular weight excluding hydrogens is 486 g/mol. The third kappa shape index (κ3) is 4.59. The lowest BCUT2D eigenvalue weighted by molar-refractivity contribution is 0.305. The van der Waals surface area contributed by atoms with Crippen LogP contribution in [0.25, 0.3) is 44.5 Å². The van der Waals surface area contributed by atoms with Gasteiger partial charge in [-0.3, -0.25) is 10.1 Å². The molecule has 7 rings (SSSR count). The third-order valence-electron chi connectivity index (χ3n) is 7.47. The van der Waals surface area contributed by atoms with Crippen LogP contribution in [-0.2, 0) is 6.61 Å². The number of nitrogens with one attached hydrogen (secondary N) is 2. The lowest BCUT2D eigenvalue weighted by Crippen LogP contribution is -2.44. The van der Waals surface area contributed by atoms with Crippen molar-refractivity contribution < 1.29 is 4.74 Å². The number of hydrogen-bond acceptors (Lipinski definition) is 6. The van der Waals surface area contributed by atoms with Crippen molar-refractivity contribution in [3.63, 3.8) is 0 Å². The number of piperazine rings is 1. The summed E-state index contributed by atoms with van der Waals surface area (Å²) in [6.45, 7) is 4.63. The maximum atomic E-state index is 6.02. The maximum absolute atomic E-state index is 6.02. The lowest BCUT2D eigenvalue weighted by atomic mass is 10.0. The fraction of sp³-hybridized carbons (Fsp3) is 0.194. The van der Waals surface area contributed by atoms with Crippen molar-refractivity contribution >= 4 is 27.6 Å². The number of H-pyrrole nitrogens is 2. The van der Waals surface area contributed by atoms with Crippen molar-refractivity contribution in [2.45, 2.75) is 6.61 Å². The zero-order chi connectivity index (χ0) is 26.2. The number of benzene rings is 2. The minimum Gasteiger partial charge on any atom is -0.487 e.